The number of piperazine rings is 2. The fourth-order valence-corrected chi connectivity index (χ4v) is 15.3. The largest absolute Gasteiger partial charge is 0.508 e. The Morgan fingerprint density at radius 1 is 0.425 bits per heavy atom. The van der Waals surface area contributed by atoms with Crippen LogP contribution in [-0.4, -0.2) is 327 Å². The number of ether oxygens (including phenoxy) is 4. The molecule has 0 bridgehead atoms. The van der Waals surface area contributed by atoms with Crippen LogP contribution in [0.25, 0.3) is 34.2 Å². The maximum Gasteiger partial charge on any atom is 0.323 e. The topological polar surface area (TPSA) is 424 Å². The highest BCUT2D eigenvalue weighted by Crippen LogP contribution is 2.41. The number of phenols is 4. The minimum atomic E-state index is -1.52. The molecule has 4 aromatic carbocycles. The van der Waals surface area contributed by atoms with E-state index in [0.717, 1.165) is 11.1 Å². The zero-order valence-corrected chi connectivity index (χ0v) is 77.1. The minimum Gasteiger partial charge on any atom is -0.508 e. The summed E-state index contributed by atoms with van der Waals surface area (Å²) < 4.78 is 26.6. The normalized spacial score (nSPS) is 16.1. The number of carbonyl (C=O) groups excluding carboxylic acids is 10. The van der Waals surface area contributed by atoms with Gasteiger partial charge in [-0.25, -0.2) is 0 Å². The van der Waals surface area contributed by atoms with Gasteiger partial charge in [0.1, 0.15) is 57.5 Å². The summed E-state index contributed by atoms with van der Waals surface area (Å²) >= 11 is 0. The third-order valence-corrected chi connectivity index (χ3v) is 21.5. The molecule has 5 heterocycles. The first-order chi connectivity index (χ1) is 59.7. The molecular formula is C91H132N18O18. The number of hydrogen-bond acceptors (Lipinski definition) is 28. The molecule has 3 aliphatic rings. The third-order valence-electron chi connectivity index (χ3n) is 21.5. The van der Waals surface area contributed by atoms with Crippen LogP contribution in [0.3, 0.4) is 0 Å². The lowest BCUT2D eigenvalue weighted by Gasteiger charge is -2.37. The first kappa shape index (κ1) is 99.6. The van der Waals surface area contributed by atoms with Gasteiger partial charge in [0, 0.05) is 161 Å². The molecule has 6 aromatic rings. The SMILES string of the molecule is CCNC(=O)c1nnc(-c2cc(C(C)C)c(O)cc2O)n1-c1ccc(CN2CCN(C(=O)CNC(=O)[C@H](CC(=O)N3CCN(Cc4ccc(-n5c(C(=O)NCC)nnc5-c5cc(C(C)C)c(O)cc5O)cc4)CC3)NC(=O)CC[C@H](C(=O)OC(C)(C)C)N3CCN(CC(=O)OC(C)(C)C)CCN(CC(=O)OC(C)(C)C)CCN(CC(=O)OC(C)(C)C)CC3)CC2)cc1. The second kappa shape index (κ2) is 44.0. The van der Waals surface area contributed by atoms with Crippen molar-refractivity contribution >= 4 is 59.3 Å². The first-order valence-electron chi connectivity index (χ1n) is 43.9. The highest BCUT2D eigenvalue weighted by atomic mass is 16.6. The molecule has 36 nitrogen and oxygen atoms in total. The van der Waals surface area contributed by atoms with Crippen molar-refractivity contribution in [1.82, 2.24) is 90.0 Å². The van der Waals surface area contributed by atoms with Gasteiger partial charge in [0.25, 0.3) is 11.8 Å². The molecule has 3 aliphatic heterocycles. The molecule has 2 atom stereocenters. The number of benzene rings is 4. The molecule has 8 N–H and O–H groups in total. The van der Waals surface area contributed by atoms with Gasteiger partial charge in [-0.15, -0.1) is 20.4 Å². The van der Waals surface area contributed by atoms with Crippen molar-refractivity contribution < 1.29 is 87.3 Å². The van der Waals surface area contributed by atoms with Crippen molar-refractivity contribution in [3.8, 4) is 57.1 Å². The Bertz CT molecular complexity index is 4770. The van der Waals surface area contributed by atoms with Gasteiger partial charge in [-0.1, -0.05) is 52.0 Å². The summed E-state index contributed by atoms with van der Waals surface area (Å²) in [6.45, 7) is 37.4. The zero-order valence-electron chi connectivity index (χ0n) is 77.1. The molecular weight excluding hydrogens is 1630 g/mol. The summed E-state index contributed by atoms with van der Waals surface area (Å²) in [5.41, 5.74) is 1.08. The summed E-state index contributed by atoms with van der Waals surface area (Å²) in [7, 11) is 0. The van der Waals surface area contributed by atoms with E-state index in [1.54, 1.807) is 128 Å². The fourth-order valence-electron chi connectivity index (χ4n) is 15.3. The molecule has 0 unspecified atom stereocenters. The van der Waals surface area contributed by atoms with Crippen molar-refractivity contribution in [2.24, 2.45) is 0 Å². The monoisotopic (exact) mass is 1760 g/mol. The van der Waals surface area contributed by atoms with Gasteiger partial charge in [0.2, 0.25) is 35.3 Å². The van der Waals surface area contributed by atoms with E-state index in [9.17, 15) is 68.4 Å². The summed E-state index contributed by atoms with van der Waals surface area (Å²) in [6, 6.07) is 17.9. The lowest BCUT2D eigenvalue weighted by atomic mass is 9.98. The number of amides is 6. The molecule has 0 saturated carbocycles. The molecule has 0 spiro atoms. The summed E-state index contributed by atoms with van der Waals surface area (Å²) in [4.78, 5) is 156. The Morgan fingerprint density at radius 3 is 1.13 bits per heavy atom. The zero-order chi connectivity index (χ0) is 93.2. The Labute approximate surface area is 744 Å². The molecule has 2 aromatic heterocycles. The standard InChI is InChI=1S/C91H132N18O18/c1-19-92-85(121)82-98-96-80(66-47-64(58(3)4)70(110)50-72(66)112)108(82)62-25-21-60(22-26-62)53-100-37-43-106(44-38-100)75(115)49-68(84(120)94-52-76(116)107-45-39-101(40-46-107)54-61-23-27-63(28-24-61)109-81(97-99-83(109)86(122)93-20-2)67-48-65(59(5)6)71(111)51-73(67)113)95-74(114)30-29-69(87(123)127-91(16,17)18)105-41-35-103(56-78(118)125-89(10,11)12)33-31-102(55-77(117)124-88(7,8)9)32-34-104(36-42-105)57-79(119)126-90(13,14)15/h21-28,47-48,50-51,58-59,68-69,110-113H,19-20,29-46,49,52-57H2,1-18H3,(H,92,121)(H,93,122)(H,94,120)(H,95,114)/t68-,69+/m0/s1. The smallest absolute Gasteiger partial charge is 0.323 e. The van der Waals surface area contributed by atoms with E-state index in [0.29, 0.717) is 87.9 Å². The minimum absolute atomic E-state index is 0.0124. The third kappa shape index (κ3) is 29.4. The lowest BCUT2D eigenvalue weighted by molar-refractivity contribution is -0.163. The number of carbonyl (C=O) groups is 10. The fraction of sp³-hybridized carbons (Fsp3) is 0.582. The van der Waals surface area contributed by atoms with Crippen molar-refractivity contribution in [3.63, 3.8) is 0 Å². The summed E-state index contributed by atoms with van der Waals surface area (Å²) in [6.07, 6.45) is -1.06. The van der Waals surface area contributed by atoms with Gasteiger partial charge in [-0.05, 0) is 174 Å². The number of phenolic OH excluding ortho intramolecular Hbond substituents is 4. The van der Waals surface area contributed by atoms with E-state index in [-0.39, 0.29) is 167 Å². The number of rotatable bonds is 31. The van der Waals surface area contributed by atoms with Gasteiger partial charge in [0.05, 0.1) is 43.7 Å². The van der Waals surface area contributed by atoms with Crippen LogP contribution >= 0.6 is 0 Å². The maximum absolute atomic E-state index is 14.9. The van der Waals surface area contributed by atoms with Crippen molar-refractivity contribution in [1.29, 1.82) is 0 Å². The highest BCUT2D eigenvalue weighted by Gasteiger charge is 2.37. The van der Waals surface area contributed by atoms with E-state index in [1.807, 2.05) is 95.8 Å². The quantitative estimate of drug-likeness (QED) is 0.0171. The number of esters is 4. The maximum atomic E-state index is 14.9. The van der Waals surface area contributed by atoms with Gasteiger partial charge in [0.15, 0.2) is 11.6 Å². The molecule has 3 fully saturated rings. The number of aromatic nitrogens is 6. The van der Waals surface area contributed by atoms with E-state index in [2.05, 4.69) is 51.5 Å². The van der Waals surface area contributed by atoms with E-state index >= 15 is 0 Å². The first-order valence-corrected chi connectivity index (χ1v) is 43.9. The van der Waals surface area contributed by atoms with Gasteiger partial charge >= 0.3 is 23.9 Å². The van der Waals surface area contributed by atoms with Crippen LogP contribution in [0.4, 0.5) is 0 Å². The Morgan fingerprint density at radius 2 is 0.780 bits per heavy atom. The summed E-state index contributed by atoms with van der Waals surface area (Å²) in [5, 5.41) is 71.9. The Balaban J connectivity index is 0.926. The molecule has 0 aliphatic carbocycles. The van der Waals surface area contributed by atoms with Crippen molar-refractivity contribution in [2.75, 3.05) is 144 Å². The lowest BCUT2D eigenvalue weighted by Crippen LogP contribution is -2.55. The van der Waals surface area contributed by atoms with Gasteiger partial charge in [-0.3, -0.25) is 86.5 Å². The van der Waals surface area contributed by atoms with Gasteiger partial charge < -0.3 is 70.4 Å². The van der Waals surface area contributed by atoms with Crippen LogP contribution in [0, 0.1) is 0 Å². The van der Waals surface area contributed by atoms with Crippen LogP contribution in [0.5, 0.6) is 23.0 Å². The molecule has 3 saturated heterocycles. The van der Waals surface area contributed by atoms with E-state index in [4.69, 9.17) is 18.9 Å². The molecule has 9 rings (SSSR count). The average molecular weight is 1770 g/mol. The van der Waals surface area contributed by atoms with Crippen LogP contribution in [0.1, 0.15) is 199 Å². The second-order valence-electron chi connectivity index (χ2n) is 37.2. The van der Waals surface area contributed by atoms with Gasteiger partial charge in [-0.2, -0.15) is 0 Å². The predicted molar refractivity (Wildman–Crippen MR) is 475 cm³/mol. The Kier molecular flexibility index (Phi) is 34.5. The number of aromatic hydroxyl groups is 4. The van der Waals surface area contributed by atoms with Crippen molar-refractivity contribution in [2.45, 2.75) is 203 Å². The number of nitrogens with one attached hydrogen (secondary N) is 4. The number of nitrogens with zero attached hydrogens (tertiary/aromatic N) is 14. The Hall–Kier alpha value is -11.2. The second-order valence-corrected chi connectivity index (χ2v) is 37.2. The van der Waals surface area contributed by atoms with Crippen LogP contribution in [0.2, 0.25) is 0 Å². The molecule has 0 radical (unpaired) electrons. The van der Waals surface area contributed by atoms with Crippen LogP contribution in [-0.2, 0) is 70.4 Å². The van der Waals surface area contributed by atoms with Crippen LogP contribution < -0.4 is 21.3 Å². The number of hydrogen-bond donors (Lipinski definition) is 8. The molecule has 6 amide bonds. The van der Waals surface area contributed by atoms with Crippen molar-refractivity contribution in [3.05, 3.63) is 107 Å². The molecule has 36 heteroatoms. The average Bonchev–Trinajstić information content (AvgIpc) is 1.65. The van der Waals surface area contributed by atoms with E-state index < -0.39 is 107 Å². The summed E-state index contributed by atoms with van der Waals surface area (Å²) in [5.74, 6) is -6.06. The van der Waals surface area contributed by atoms with Crippen LogP contribution in [0.15, 0.2) is 72.8 Å². The van der Waals surface area contributed by atoms with E-state index in [1.165, 1.54) is 12.1 Å². The highest BCUT2D eigenvalue weighted by molar-refractivity contribution is 5.95. The molecule has 694 valence electrons. The molecule has 127 heavy (non-hydrogen) atoms. The predicted octanol–water partition coefficient (Wildman–Crippen LogP) is 6.47.